The van der Waals surface area contributed by atoms with Crippen LogP contribution in [-0.4, -0.2) is 75.2 Å². The van der Waals surface area contributed by atoms with Crippen LogP contribution in [0.5, 0.6) is 5.75 Å². The van der Waals surface area contributed by atoms with Crippen LogP contribution in [0.1, 0.15) is 5.56 Å². The van der Waals surface area contributed by atoms with Crippen molar-refractivity contribution in [1.82, 2.24) is 9.80 Å². The fraction of sp³-hybridized carbons (Fsp3) is 0.391. The summed E-state index contributed by atoms with van der Waals surface area (Å²) >= 11 is 0. The molecule has 0 unspecified atom stereocenters. The number of methoxy groups -OCH3 is 1. The molecule has 1 saturated heterocycles. The second-order valence-electron chi connectivity index (χ2n) is 7.59. The molecule has 8 heteroatoms. The topological polar surface area (TPSA) is 83.1 Å². The maximum Gasteiger partial charge on any atom is 0.238 e. The molecule has 31 heavy (non-hydrogen) atoms. The zero-order chi connectivity index (χ0) is 22.1. The van der Waals surface area contributed by atoms with Crippen molar-refractivity contribution in [2.24, 2.45) is 0 Å². The van der Waals surface area contributed by atoms with Crippen LogP contribution in [-0.2, 0) is 20.9 Å². The highest BCUT2D eigenvalue weighted by Crippen LogP contribution is 2.16. The number of carbonyl (C=O) groups is 2. The molecule has 0 bridgehead atoms. The molecule has 1 aliphatic rings. The standard InChI is InChI=1S/C23H30N4O4/c1-26(17-23(29)25-20-4-3-5-21(14-20)30-2)16-22(28)24-19-8-6-18(7-9-19)15-27-10-12-31-13-11-27/h3-9,14H,10-13,15-17H2,1-2H3,(H,24,28)(H,25,29). The van der Waals surface area contributed by atoms with Gasteiger partial charge in [-0.1, -0.05) is 18.2 Å². The second-order valence-corrected chi connectivity index (χ2v) is 7.59. The lowest BCUT2D eigenvalue weighted by Crippen LogP contribution is -2.36. The molecule has 1 aliphatic heterocycles. The number of anilines is 2. The molecule has 3 rings (SSSR count). The quantitative estimate of drug-likeness (QED) is 0.639. The largest absolute Gasteiger partial charge is 0.497 e. The number of hydrogen-bond acceptors (Lipinski definition) is 6. The third-order valence-electron chi connectivity index (χ3n) is 4.93. The van der Waals surface area contributed by atoms with Gasteiger partial charge in [0.25, 0.3) is 0 Å². The van der Waals surface area contributed by atoms with Crippen LogP contribution in [0.3, 0.4) is 0 Å². The Kier molecular flexibility index (Phi) is 8.40. The van der Waals surface area contributed by atoms with Crippen LogP contribution in [0.4, 0.5) is 11.4 Å². The molecule has 0 spiro atoms. The van der Waals surface area contributed by atoms with Crippen molar-refractivity contribution in [3.63, 3.8) is 0 Å². The second kappa shape index (κ2) is 11.5. The third kappa shape index (κ3) is 7.67. The number of likely N-dealkylation sites (N-methyl/N-ethyl adjacent to an activating group) is 1. The van der Waals surface area contributed by atoms with Crippen LogP contribution in [0.15, 0.2) is 48.5 Å². The van der Waals surface area contributed by atoms with Gasteiger partial charge in [0.05, 0.1) is 33.4 Å². The molecule has 166 valence electrons. The zero-order valence-corrected chi connectivity index (χ0v) is 18.1. The van der Waals surface area contributed by atoms with E-state index in [1.165, 1.54) is 5.56 Å². The Balaban J connectivity index is 1.41. The fourth-order valence-electron chi connectivity index (χ4n) is 3.36. The lowest BCUT2D eigenvalue weighted by Gasteiger charge is -2.26. The smallest absolute Gasteiger partial charge is 0.238 e. The van der Waals surface area contributed by atoms with Crippen molar-refractivity contribution in [2.75, 3.05) is 64.2 Å². The number of hydrogen-bond donors (Lipinski definition) is 2. The Morgan fingerprint density at radius 1 is 1.00 bits per heavy atom. The Hall–Kier alpha value is -2.94. The summed E-state index contributed by atoms with van der Waals surface area (Å²) in [4.78, 5) is 28.6. The summed E-state index contributed by atoms with van der Waals surface area (Å²) in [5.74, 6) is 0.301. The molecule has 2 amide bonds. The summed E-state index contributed by atoms with van der Waals surface area (Å²) < 4.78 is 10.5. The number of ether oxygens (including phenoxy) is 2. The van der Waals surface area contributed by atoms with Crippen molar-refractivity contribution in [3.05, 3.63) is 54.1 Å². The van der Waals surface area contributed by atoms with Gasteiger partial charge in [0.2, 0.25) is 11.8 Å². The van der Waals surface area contributed by atoms with Gasteiger partial charge in [0, 0.05) is 37.1 Å². The van der Waals surface area contributed by atoms with E-state index in [4.69, 9.17) is 9.47 Å². The van der Waals surface area contributed by atoms with Gasteiger partial charge in [0.15, 0.2) is 0 Å². The number of benzene rings is 2. The van der Waals surface area contributed by atoms with Gasteiger partial charge in [-0.05, 0) is 36.9 Å². The third-order valence-corrected chi connectivity index (χ3v) is 4.93. The summed E-state index contributed by atoms with van der Waals surface area (Å²) in [6.07, 6.45) is 0. The fourth-order valence-corrected chi connectivity index (χ4v) is 3.36. The Labute approximate surface area is 183 Å². The number of nitrogens with one attached hydrogen (secondary N) is 2. The van der Waals surface area contributed by atoms with E-state index in [9.17, 15) is 9.59 Å². The summed E-state index contributed by atoms with van der Waals surface area (Å²) in [5.41, 5.74) is 2.59. The zero-order valence-electron chi connectivity index (χ0n) is 18.1. The average Bonchev–Trinajstić information content (AvgIpc) is 2.75. The molecule has 0 aliphatic carbocycles. The molecule has 2 aromatic rings. The van der Waals surface area contributed by atoms with Gasteiger partial charge in [-0.25, -0.2) is 0 Å². The summed E-state index contributed by atoms with van der Waals surface area (Å²) in [6.45, 7) is 4.53. The van der Waals surface area contributed by atoms with E-state index in [2.05, 4.69) is 15.5 Å². The van der Waals surface area contributed by atoms with E-state index >= 15 is 0 Å². The molecular weight excluding hydrogens is 396 g/mol. The van der Waals surface area contributed by atoms with E-state index in [0.29, 0.717) is 11.4 Å². The van der Waals surface area contributed by atoms with Crippen molar-refractivity contribution in [1.29, 1.82) is 0 Å². The molecule has 0 atom stereocenters. The highest BCUT2D eigenvalue weighted by Gasteiger charge is 2.13. The number of nitrogens with zero attached hydrogens (tertiary/aromatic N) is 2. The van der Waals surface area contributed by atoms with Gasteiger partial charge in [0.1, 0.15) is 5.75 Å². The van der Waals surface area contributed by atoms with Crippen LogP contribution in [0.2, 0.25) is 0 Å². The number of amides is 2. The first-order valence-electron chi connectivity index (χ1n) is 10.3. The molecule has 0 aromatic heterocycles. The number of rotatable bonds is 9. The molecule has 8 nitrogen and oxygen atoms in total. The van der Waals surface area contributed by atoms with E-state index in [1.54, 1.807) is 43.3 Å². The van der Waals surface area contributed by atoms with Gasteiger partial charge in [-0.2, -0.15) is 0 Å². The van der Waals surface area contributed by atoms with Crippen LogP contribution in [0, 0.1) is 0 Å². The minimum atomic E-state index is -0.198. The van der Waals surface area contributed by atoms with E-state index in [0.717, 1.165) is 38.5 Å². The summed E-state index contributed by atoms with van der Waals surface area (Å²) in [5, 5.41) is 5.69. The first kappa shape index (κ1) is 22.7. The minimum absolute atomic E-state index is 0.100. The Morgan fingerprint density at radius 3 is 2.29 bits per heavy atom. The molecule has 1 heterocycles. The summed E-state index contributed by atoms with van der Waals surface area (Å²) in [7, 11) is 3.31. The SMILES string of the molecule is COc1cccc(NC(=O)CN(C)CC(=O)Nc2ccc(CN3CCOCC3)cc2)c1. The normalized spacial score (nSPS) is 14.3. The molecule has 0 saturated carbocycles. The number of morpholine rings is 1. The lowest BCUT2D eigenvalue weighted by atomic mass is 10.2. The van der Waals surface area contributed by atoms with Gasteiger partial charge >= 0.3 is 0 Å². The Morgan fingerprint density at radius 2 is 1.65 bits per heavy atom. The van der Waals surface area contributed by atoms with Crippen molar-refractivity contribution >= 4 is 23.2 Å². The van der Waals surface area contributed by atoms with Crippen molar-refractivity contribution in [2.45, 2.75) is 6.54 Å². The average molecular weight is 427 g/mol. The molecule has 1 fully saturated rings. The first-order chi connectivity index (χ1) is 15.0. The maximum absolute atomic E-state index is 12.3. The summed E-state index contributed by atoms with van der Waals surface area (Å²) in [6, 6.07) is 15.0. The van der Waals surface area contributed by atoms with Crippen LogP contribution in [0.25, 0.3) is 0 Å². The minimum Gasteiger partial charge on any atom is -0.497 e. The van der Waals surface area contributed by atoms with Gasteiger partial charge in [-0.15, -0.1) is 0 Å². The van der Waals surface area contributed by atoms with E-state index < -0.39 is 0 Å². The van der Waals surface area contributed by atoms with Crippen LogP contribution >= 0.6 is 0 Å². The van der Waals surface area contributed by atoms with Gasteiger partial charge < -0.3 is 20.1 Å². The number of carbonyl (C=O) groups excluding carboxylic acids is 2. The molecule has 0 radical (unpaired) electrons. The van der Waals surface area contributed by atoms with Crippen molar-refractivity contribution < 1.29 is 19.1 Å². The molecule has 2 aromatic carbocycles. The van der Waals surface area contributed by atoms with Crippen LogP contribution < -0.4 is 15.4 Å². The molecule has 2 N–H and O–H groups in total. The van der Waals surface area contributed by atoms with Gasteiger partial charge in [-0.3, -0.25) is 19.4 Å². The predicted molar refractivity (Wildman–Crippen MR) is 120 cm³/mol. The highest BCUT2D eigenvalue weighted by atomic mass is 16.5. The maximum atomic E-state index is 12.3. The lowest BCUT2D eigenvalue weighted by molar-refractivity contribution is -0.119. The molecular formula is C23H30N4O4. The van der Waals surface area contributed by atoms with E-state index in [1.807, 2.05) is 24.3 Å². The van der Waals surface area contributed by atoms with E-state index in [-0.39, 0.29) is 24.9 Å². The first-order valence-corrected chi connectivity index (χ1v) is 10.3. The highest BCUT2D eigenvalue weighted by molar-refractivity contribution is 5.94. The monoisotopic (exact) mass is 426 g/mol. The Bertz CT molecular complexity index is 866. The predicted octanol–water partition coefficient (Wildman–Crippen LogP) is 2.04. The van der Waals surface area contributed by atoms with Crippen molar-refractivity contribution in [3.8, 4) is 5.75 Å².